The van der Waals surface area contributed by atoms with Crippen LogP contribution in [0.3, 0.4) is 0 Å². The van der Waals surface area contributed by atoms with E-state index in [1.165, 1.54) is 12.1 Å². The van der Waals surface area contributed by atoms with Crippen molar-refractivity contribution in [2.75, 3.05) is 0 Å². The number of halogens is 6. The first kappa shape index (κ1) is 16.3. The third-order valence-corrected chi connectivity index (χ3v) is 4.13. The van der Waals surface area contributed by atoms with Crippen molar-refractivity contribution in [3.8, 4) is 5.75 Å². The summed E-state index contributed by atoms with van der Waals surface area (Å²) in [5.41, 5.74) is 0. The quantitative estimate of drug-likeness (QED) is 0.212. The van der Waals surface area contributed by atoms with Crippen molar-refractivity contribution < 1.29 is 35.9 Å². The fourth-order valence-corrected chi connectivity index (χ4v) is 2.89. The van der Waals surface area contributed by atoms with E-state index in [2.05, 4.69) is 4.74 Å². The Balaban J connectivity index is 2.00. The number of rotatable bonds is 2. The van der Waals surface area contributed by atoms with Crippen LogP contribution in [0.2, 0.25) is 0 Å². The molecule has 0 radical (unpaired) electrons. The molecule has 9 heteroatoms. The van der Waals surface area contributed by atoms with Gasteiger partial charge in [0.15, 0.2) is 0 Å². The minimum absolute atomic E-state index is 0.195. The van der Waals surface area contributed by atoms with Gasteiger partial charge in [0, 0.05) is 4.70 Å². The van der Waals surface area contributed by atoms with Gasteiger partial charge in [0.1, 0.15) is 10.7 Å². The third kappa shape index (κ3) is 2.60. The molecule has 124 valence electrons. The Labute approximate surface area is 133 Å². The van der Waals surface area contributed by atoms with E-state index in [1.807, 2.05) is 0 Å². The van der Waals surface area contributed by atoms with Gasteiger partial charge in [0.05, 0.1) is 0 Å². The number of carbonyl (C=O) groups is 1. The number of thiophene rings is 1. The van der Waals surface area contributed by atoms with Crippen LogP contribution in [0.15, 0.2) is 24.3 Å². The van der Waals surface area contributed by atoms with Gasteiger partial charge in [-0.25, -0.2) is 22.4 Å². The van der Waals surface area contributed by atoms with Crippen molar-refractivity contribution in [1.82, 2.24) is 0 Å². The normalized spacial score (nSPS) is 11.1. The number of benzene rings is 2. The van der Waals surface area contributed by atoms with Crippen molar-refractivity contribution in [3.63, 3.8) is 0 Å². The number of esters is 1. The van der Waals surface area contributed by atoms with Gasteiger partial charge in [0.25, 0.3) is 0 Å². The van der Waals surface area contributed by atoms with Gasteiger partial charge in [-0.2, -0.15) is 8.78 Å². The van der Waals surface area contributed by atoms with Gasteiger partial charge in [-0.3, -0.25) is 0 Å². The van der Waals surface area contributed by atoms with Crippen LogP contribution in [-0.4, -0.2) is 5.97 Å². The molecule has 0 aliphatic rings. The molecule has 2 nitrogen and oxygen atoms in total. The molecule has 0 aliphatic heterocycles. The number of ether oxygens (including phenoxy) is 1. The molecule has 0 spiro atoms. The Hall–Kier alpha value is -2.55. The zero-order valence-electron chi connectivity index (χ0n) is 11.3. The molecular formula is C15H4F6O2S. The molecule has 0 aliphatic carbocycles. The van der Waals surface area contributed by atoms with Crippen LogP contribution >= 0.6 is 11.3 Å². The molecule has 24 heavy (non-hydrogen) atoms. The molecule has 0 fully saturated rings. The number of carbonyl (C=O) groups excluding carboxylic acids is 1. The van der Waals surface area contributed by atoms with Gasteiger partial charge >= 0.3 is 5.97 Å². The van der Waals surface area contributed by atoms with Crippen LogP contribution in [0.4, 0.5) is 26.3 Å². The van der Waals surface area contributed by atoms with Crippen molar-refractivity contribution in [3.05, 3.63) is 64.0 Å². The van der Waals surface area contributed by atoms with Crippen LogP contribution in [0.25, 0.3) is 10.1 Å². The number of hydrogen-bond donors (Lipinski definition) is 0. The topological polar surface area (TPSA) is 26.3 Å². The summed E-state index contributed by atoms with van der Waals surface area (Å²) >= 11 is 0.741. The standard InChI is InChI=1S/C15H4F6O2S/c16-6-2-1-5-3-8(24-7(5)4-6)15(22)23-14-12(20)10(18)9(17)11(19)13(14)21/h1-4H. The predicted octanol–water partition coefficient (Wildman–Crippen LogP) is 4.96. The van der Waals surface area contributed by atoms with Crippen LogP contribution in [-0.2, 0) is 0 Å². The SMILES string of the molecule is O=C(Oc1c(F)c(F)c(F)c(F)c1F)c1cc2ccc(F)cc2s1. The highest BCUT2D eigenvalue weighted by Gasteiger charge is 2.29. The lowest BCUT2D eigenvalue weighted by Crippen LogP contribution is -2.12. The minimum atomic E-state index is -2.36. The molecule has 1 heterocycles. The summed E-state index contributed by atoms with van der Waals surface area (Å²) in [5.74, 6) is -14.9. The summed E-state index contributed by atoms with van der Waals surface area (Å²) in [5, 5.41) is 0.450. The van der Waals surface area contributed by atoms with Crippen LogP contribution in [0.1, 0.15) is 9.67 Å². The molecule has 0 bridgehead atoms. The first-order chi connectivity index (χ1) is 11.3. The summed E-state index contributed by atoms with van der Waals surface area (Å²) in [4.78, 5) is 11.7. The molecule has 3 rings (SSSR count). The molecule has 0 amide bonds. The van der Waals surface area contributed by atoms with E-state index < -0.39 is 46.6 Å². The van der Waals surface area contributed by atoms with Crippen molar-refractivity contribution in [2.24, 2.45) is 0 Å². The number of hydrogen-bond acceptors (Lipinski definition) is 3. The molecule has 0 saturated heterocycles. The van der Waals surface area contributed by atoms with Crippen molar-refractivity contribution in [2.45, 2.75) is 0 Å². The Kier molecular flexibility index (Phi) is 3.96. The monoisotopic (exact) mass is 362 g/mol. The smallest absolute Gasteiger partial charge is 0.353 e. The Morgan fingerprint density at radius 2 is 1.42 bits per heavy atom. The summed E-state index contributed by atoms with van der Waals surface area (Å²) in [6, 6.07) is 4.85. The fraction of sp³-hybridized carbons (Fsp3) is 0. The average molecular weight is 362 g/mol. The molecule has 2 aromatic carbocycles. The second kappa shape index (κ2) is 5.82. The van der Waals surface area contributed by atoms with E-state index in [-0.39, 0.29) is 4.88 Å². The maximum absolute atomic E-state index is 13.5. The molecule has 0 unspecified atom stereocenters. The number of fused-ring (bicyclic) bond motifs is 1. The van der Waals surface area contributed by atoms with E-state index in [4.69, 9.17) is 0 Å². The molecular weight excluding hydrogens is 358 g/mol. The Morgan fingerprint density at radius 1 is 0.833 bits per heavy atom. The predicted molar refractivity (Wildman–Crippen MR) is 73.0 cm³/mol. The van der Waals surface area contributed by atoms with Crippen molar-refractivity contribution >= 4 is 27.4 Å². The van der Waals surface area contributed by atoms with Gasteiger partial charge in [0.2, 0.25) is 34.8 Å². The lowest BCUT2D eigenvalue weighted by molar-refractivity contribution is 0.0721. The molecule has 0 atom stereocenters. The molecule has 0 N–H and O–H groups in total. The molecule has 0 saturated carbocycles. The highest BCUT2D eigenvalue weighted by Crippen LogP contribution is 2.31. The lowest BCUT2D eigenvalue weighted by atomic mass is 10.2. The molecule has 1 aromatic heterocycles. The van der Waals surface area contributed by atoms with E-state index in [1.54, 1.807) is 0 Å². The van der Waals surface area contributed by atoms with Gasteiger partial charge in [-0.1, -0.05) is 6.07 Å². The first-order valence-electron chi connectivity index (χ1n) is 6.22. The van der Waals surface area contributed by atoms with Gasteiger partial charge in [-0.05, 0) is 23.6 Å². The zero-order chi connectivity index (χ0) is 17.6. The Morgan fingerprint density at radius 3 is 2.04 bits per heavy atom. The van der Waals surface area contributed by atoms with Gasteiger partial charge in [-0.15, -0.1) is 11.3 Å². The zero-order valence-corrected chi connectivity index (χ0v) is 12.1. The second-order valence-corrected chi connectivity index (χ2v) is 5.67. The molecule has 3 aromatic rings. The minimum Gasteiger partial charge on any atom is -0.416 e. The van der Waals surface area contributed by atoms with E-state index >= 15 is 0 Å². The van der Waals surface area contributed by atoms with E-state index in [9.17, 15) is 31.1 Å². The van der Waals surface area contributed by atoms with E-state index in [0.29, 0.717) is 10.1 Å². The summed E-state index contributed by atoms with van der Waals surface area (Å²) in [7, 11) is 0. The fourth-order valence-electron chi connectivity index (χ4n) is 1.92. The largest absolute Gasteiger partial charge is 0.416 e. The van der Waals surface area contributed by atoms with Crippen LogP contribution in [0, 0.1) is 34.9 Å². The maximum Gasteiger partial charge on any atom is 0.353 e. The lowest BCUT2D eigenvalue weighted by Gasteiger charge is -2.07. The highest BCUT2D eigenvalue weighted by atomic mass is 32.1. The highest BCUT2D eigenvalue weighted by molar-refractivity contribution is 7.20. The van der Waals surface area contributed by atoms with Crippen LogP contribution < -0.4 is 4.74 Å². The van der Waals surface area contributed by atoms with Crippen molar-refractivity contribution in [1.29, 1.82) is 0 Å². The Bertz CT molecular complexity index is 953. The van der Waals surface area contributed by atoms with Crippen LogP contribution in [0.5, 0.6) is 5.75 Å². The first-order valence-corrected chi connectivity index (χ1v) is 7.04. The van der Waals surface area contributed by atoms with E-state index in [0.717, 1.165) is 23.5 Å². The third-order valence-electron chi connectivity index (χ3n) is 3.05. The second-order valence-electron chi connectivity index (χ2n) is 4.58. The van der Waals surface area contributed by atoms with Gasteiger partial charge < -0.3 is 4.74 Å². The summed E-state index contributed by atoms with van der Waals surface area (Å²) in [6.07, 6.45) is 0. The average Bonchev–Trinajstić information content (AvgIpc) is 2.98. The maximum atomic E-state index is 13.5. The summed E-state index contributed by atoms with van der Waals surface area (Å²) in [6.45, 7) is 0. The summed E-state index contributed by atoms with van der Waals surface area (Å²) < 4.78 is 83.8.